The van der Waals surface area contributed by atoms with Crippen LogP contribution in [0, 0.1) is 0 Å². The van der Waals surface area contributed by atoms with E-state index in [0.717, 1.165) is 88.2 Å². The predicted octanol–water partition coefficient (Wildman–Crippen LogP) is 10.8. The van der Waals surface area contributed by atoms with Gasteiger partial charge in [0.25, 0.3) is 0 Å². The topological polar surface area (TPSA) is 34.9 Å². The van der Waals surface area contributed by atoms with Gasteiger partial charge in [-0.3, -0.25) is 0 Å². The van der Waals surface area contributed by atoms with Crippen LogP contribution in [0.3, 0.4) is 0 Å². The summed E-state index contributed by atoms with van der Waals surface area (Å²) in [6, 6.07) is 65.0. The number of para-hydroxylation sites is 1. The summed E-state index contributed by atoms with van der Waals surface area (Å²) < 4.78 is 18.2. The summed E-state index contributed by atoms with van der Waals surface area (Å²) in [6.07, 6.45) is 0. The molecule has 3 nitrogen and oxygen atoms in total. The van der Waals surface area contributed by atoms with Gasteiger partial charge in [0.15, 0.2) is 7.14 Å². The summed E-state index contributed by atoms with van der Waals surface area (Å²) in [5.74, 6) is 0. The van der Waals surface area contributed by atoms with Crippen LogP contribution in [-0.2, 0) is 4.57 Å². The van der Waals surface area contributed by atoms with Crippen molar-refractivity contribution in [1.29, 1.82) is 0 Å². The molecule has 10 rings (SSSR count). The van der Waals surface area contributed by atoms with Gasteiger partial charge in [0.2, 0.25) is 0 Å². The highest BCUT2D eigenvalue weighted by Gasteiger charge is 2.42. The Morgan fingerprint density at radius 2 is 1.04 bits per heavy atom. The molecule has 0 saturated carbocycles. The van der Waals surface area contributed by atoms with Crippen molar-refractivity contribution in [2.45, 2.75) is 0 Å². The van der Waals surface area contributed by atoms with E-state index in [0.29, 0.717) is 0 Å². The summed E-state index contributed by atoms with van der Waals surface area (Å²) in [4.78, 5) is 5.17. The SMILES string of the molecule is O=P1(c2ccccc2)c2ccccc2-c2ccc3c4ccccc4n(-c4ccc(-c5cc(-c6ccccc6)cc(-c6ccccc6)n5)cc4)c3c21. The van der Waals surface area contributed by atoms with Crippen LogP contribution in [0.1, 0.15) is 0 Å². The van der Waals surface area contributed by atoms with Gasteiger partial charge < -0.3 is 9.13 Å². The summed E-state index contributed by atoms with van der Waals surface area (Å²) in [5.41, 5.74) is 11.4. The smallest absolute Gasteiger partial charge is 0.174 e. The second kappa shape index (κ2) is 11.7. The molecule has 0 aliphatic carbocycles. The zero-order valence-corrected chi connectivity index (χ0v) is 28.5. The molecule has 9 aromatic rings. The van der Waals surface area contributed by atoms with Gasteiger partial charge in [-0.15, -0.1) is 0 Å². The van der Waals surface area contributed by atoms with Gasteiger partial charge in [0, 0.05) is 38.2 Å². The molecule has 4 heteroatoms. The monoisotopic (exact) mass is 670 g/mol. The third-order valence-electron chi connectivity index (χ3n) is 10.2. The Bertz CT molecular complexity index is 2750. The van der Waals surface area contributed by atoms with Crippen molar-refractivity contribution >= 4 is 44.9 Å². The third-order valence-corrected chi connectivity index (χ3v) is 13.4. The van der Waals surface area contributed by atoms with Gasteiger partial charge in [-0.05, 0) is 52.6 Å². The Morgan fingerprint density at radius 3 is 1.76 bits per heavy atom. The van der Waals surface area contributed by atoms with Crippen LogP contribution in [0.15, 0.2) is 188 Å². The largest absolute Gasteiger partial charge is 0.309 e. The number of rotatable bonds is 5. The molecule has 0 fully saturated rings. The maximum Gasteiger partial charge on any atom is 0.174 e. The molecule has 1 unspecified atom stereocenters. The molecule has 0 amide bonds. The molecule has 2 aromatic heterocycles. The number of pyridine rings is 1. The highest BCUT2D eigenvalue weighted by atomic mass is 31.2. The molecule has 3 heterocycles. The second-order valence-corrected chi connectivity index (χ2v) is 15.7. The average molecular weight is 671 g/mol. The van der Waals surface area contributed by atoms with Crippen LogP contribution in [0.4, 0.5) is 0 Å². The van der Waals surface area contributed by atoms with Crippen molar-refractivity contribution < 1.29 is 4.57 Å². The molecular formula is C47H31N2OP. The third kappa shape index (κ3) is 4.59. The fraction of sp³-hybridized carbons (Fsp3) is 0. The fourth-order valence-corrected chi connectivity index (χ4v) is 11.1. The molecule has 51 heavy (non-hydrogen) atoms. The molecule has 0 spiro atoms. The van der Waals surface area contributed by atoms with Crippen molar-refractivity contribution in [3.05, 3.63) is 188 Å². The van der Waals surface area contributed by atoms with E-state index >= 15 is 4.57 Å². The maximum absolute atomic E-state index is 15.8. The van der Waals surface area contributed by atoms with Crippen LogP contribution in [0.5, 0.6) is 0 Å². The number of aromatic nitrogens is 2. The van der Waals surface area contributed by atoms with Crippen LogP contribution in [0.25, 0.3) is 72.3 Å². The first-order valence-electron chi connectivity index (χ1n) is 17.2. The van der Waals surface area contributed by atoms with E-state index in [-0.39, 0.29) is 0 Å². The van der Waals surface area contributed by atoms with Crippen LogP contribution in [0.2, 0.25) is 0 Å². The molecule has 1 atom stereocenters. The maximum atomic E-state index is 15.8. The predicted molar refractivity (Wildman–Crippen MR) is 213 cm³/mol. The van der Waals surface area contributed by atoms with Crippen LogP contribution < -0.4 is 15.9 Å². The number of nitrogens with zero attached hydrogens (tertiary/aromatic N) is 2. The van der Waals surface area contributed by atoms with Gasteiger partial charge in [-0.25, -0.2) is 4.98 Å². The summed E-state index contributed by atoms with van der Waals surface area (Å²) in [7, 11) is -3.21. The minimum absolute atomic E-state index is 0.856. The van der Waals surface area contributed by atoms with Crippen LogP contribution >= 0.6 is 7.14 Å². The number of hydrogen-bond donors (Lipinski definition) is 0. The van der Waals surface area contributed by atoms with Crippen LogP contribution in [-0.4, -0.2) is 9.55 Å². The number of hydrogen-bond acceptors (Lipinski definition) is 2. The summed E-state index contributed by atoms with van der Waals surface area (Å²) in [5, 5.41) is 4.91. The summed E-state index contributed by atoms with van der Waals surface area (Å²) in [6.45, 7) is 0. The zero-order chi connectivity index (χ0) is 33.9. The lowest BCUT2D eigenvalue weighted by Gasteiger charge is -2.19. The van der Waals surface area contributed by atoms with Crippen molar-refractivity contribution in [2.24, 2.45) is 0 Å². The minimum Gasteiger partial charge on any atom is -0.309 e. The second-order valence-electron chi connectivity index (χ2n) is 13.1. The molecule has 240 valence electrons. The Labute approximate surface area is 296 Å². The van der Waals surface area contributed by atoms with Gasteiger partial charge in [-0.2, -0.15) is 0 Å². The highest BCUT2D eigenvalue weighted by molar-refractivity contribution is 7.86. The molecular weight excluding hydrogens is 640 g/mol. The van der Waals surface area contributed by atoms with Crippen molar-refractivity contribution in [3.8, 4) is 50.5 Å². The van der Waals surface area contributed by atoms with Gasteiger partial charge in [0.05, 0.1) is 27.7 Å². The van der Waals surface area contributed by atoms with Gasteiger partial charge >= 0.3 is 0 Å². The van der Waals surface area contributed by atoms with Crippen molar-refractivity contribution in [2.75, 3.05) is 0 Å². The lowest BCUT2D eigenvalue weighted by Crippen LogP contribution is -2.22. The van der Waals surface area contributed by atoms with E-state index in [1.165, 1.54) is 0 Å². The van der Waals surface area contributed by atoms with E-state index in [1.54, 1.807) is 0 Å². The average Bonchev–Trinajstić information content (AvgIpc) is 3.69. The Hall–Kier alpha value is -6.28. The van der Waals surface area contributed by atoms with E-state index < -0.39 is 7.14 Å². The molecule has 1 aliphatic rings. The molecule has 0 radical (unpaired) electrons. The van der Waals surface area contributed by atoms with Gasteiger partial charge in [0.1, 0.15) is 0 Å². The van der Waals surface area contributed by atoms with Crippen molar-refractivity contribution in [3.63, 3.8) is 0 Å². The molecule has 0 saturated heterocycles. The Balaban J connectivity index is 1.19. The number of benzene rings is 7. The zero-order valence-electron chi connectivity index (χ0n) is 27.6. The molecule has 0 bridgehead atoms. The molecule has 0 N–H and O–H groups in total. The quantitative estimate of drug-likeness (QED) is 0.171. The Kier molecular flexibility index (Phi) is 6.77. The highest BCUT2D eigenvalue weighted by Crippen LogP contribution is 2.54. The van der Waals surface area contributed by atoms with E-state index in [1.807, 2.05) is 54.6 Å². The van der Waals surface area contributed by atoms with E-state index in [4.69, 9.17) is 4.98 Å². The first-order valence-corrected chi connectivity index (χ1v) is 19.0. The first-order chi connectivity index (χ1) is 25.2. The van der Waals surface area contributed by atoms with Gasteiger partial charge in [-0.1, -0.05) is 158 Å². The molecule has 1 aliphatic heterocycles. The lowest BCUT2D eigenvalue weighted by molar-refractivity contribution is 0.593. The first kappa shape index (κ1) is 29.6. The van der Waals surface area contributed by atoms with Crippen molar-refractivity contribution in [1.82, 2.24) is 9.55 Å². The molecule has 7 aromatic carbocycles. The Morgan fingerprint density at radius 1 is 0.451 bits per heavy atom. The minimum atomic E-state index is -3.21. The van der Waals surface area contributed by atoms with E-state index in [9.17, 15) is 0 Å². The van der Waals surface area contributed by atoms with E-state index in [2.05, 4.69) is 138 Å². The standard InChI is InChI=1S/C47H31N2OP/c50-51(37-18-8-3-9-19-37)45-23-13-11-21-39(45)41-29-28-40-38-20-10-12-22-44(38)49(46(40)47(41)51)36-26-24-34(25-27-36)43-31-35(32-14-4-1-5-15-32)30-42(48-43)33-16-6-2-7-17-33/h1-31H. The fourth-order valence-electron chi connectivity index (χ4n) is 7.86. The normalized spacial score (nSPS) is 14.8. The lowest BCUT2D eigenvalue weighted by atomic mass is 10.00. The summed E-state index contributed by atoms with van der Waals surface area (Å²) >= 11 is 0. The number of fused-ring (bicyclic) bond motifs is 7.